The van der Waals surface area contributed by atoms with Crippen molar-refractivity contribution >= 4 is 17.3 Å². The average Bonchev–Trinajstić information content (AvgIpc) is 3.21. The molecule has 0 fully saturated rings. The topological polar surface area (TPSA) is 98.8 Å². The second kappa shape index (κ2) is 8.34. The van der Waals surface area contributed by atoms with E-state index >= 15 is 0 Å². The van der Waals surface area contributed by atoms with E-state index in [9.17, 15) is 32.6 Å². The van der Waals surface area contributed by atoms with E-state index in [-0.39, 0.29) is 35.0 Å². The number of anilines is 1. The first-order chi connectivity index (χ1) is 15.6. The van der Waals surface area contributed by atoms with Gasteiger partial charge in [-0.25, -0.2) is 27.3 Å². The molecule has 1 aliphatic rings. The number of rotatable bonds is 5. The summed E-state index contributed by atoms with van der Waals surface area (Å²) in [5, 5.41) is 22.3. The maximum absolute atomic E-state index is 14.5. The predicted molar refractivity (Wildman–Crippen MR) is 109 cm³/mol. The van der Waals surface area contributed by atoms with Crippen LogP contribution in [0.2, 0.25) is 0 Å². The summed E-state index contributed by atoms with van der Waals surface area (Å²) in [6.45, 7) is 0.223. The van der Waals surface area contributed by atoms with E-state index in [4.69, 9.17) is 4.42 Å². The number of oxazole rings is 1. The number of benzene rings is 2. The van der Waals surface area contributed by atoms with Crippen LogP contribution in [0.1, 0.15) is 18.5 Å². The fourth-order valence-corrected chi connectivity index (χ4v) is 3.24. The summed E-state index contributed by atoms with van der Waals surface area (Å²) >= 11 is 0. The summed E-state index contributed by atoms with van der Waals surface area (Å²) < 4.78 is 62.1. The van der Waals surface area contributed by atoms with Crippen LogP contribution in [-0.4, -0.2) is 34.4 Å². The number of hydrogen-bond acceptors (Lipinski definition) is 5. The van der Waals surface area contributed by atoms with Crippen LogP contribution in [0.5, 0.6) is 0 Å². The Morgan fingerprint density at radius 3 is 2.48 bits per heavy atom. The molecular formula is C22H17F4N3O4. The molecule has 2 heterocycles. The van der Waals surface area contributed by atoms with Gasteiger partial charge in [-0.15, -0.1) is 0 Å². The molecule has 1 atom stereocenters. The lowest BCUT2D eigenvalue weighted by atomic mass is 10.0. The minimum atomic E-state index is -1.96. The largest absolute Gasteiger partial charge is 0.437 e. The number of aliphatic hydroxyl groups is 2. The molecule has 7 nitrogen and oxygen atoms in total. The number of hydrogen-bond donors (Lipinski definition) is 3. The Hall–Kier alpha value is -3.70. The van der Waals surface area contributed by atoms with Crippen LogP contribution >= 0.6 is 0 Å². The van der Waals surface area contributed by atoms with E-state index in [0.717, 1.165) is 36.5 Å². The zero-order valence-electron chi connectivity index (χ0n) is 17.1. The lowest BCUT2D eigenvalue weighted by molar-refractivity contribution is -0.0234. The zero-order valence-corrected chi connectivity index (χ0v) is 17.1. The molecule has 33 heavy (non-hydrogen) atoms. The summed E-state index contributed by atoms with van der Waals surface area (Å²) in [7, 11) is 0. The smallest absolute Gasteiger partial charge is 0.326 e. The molecule has 11 heteroatoms. The molecule has 3 aromatic rings. The highest BCUT2D eigenvalue weighted by molar-refractivity contribution is 5.99. The van der Waals surface area contributed by atoms with Gasteiger partial charge in [-0.3, -0.25) is 4.90 Å². The molecule has 4 rings (SSSR count). The van der Waals surface area contributed by atoms with Crippen LogP contribution in [0.4, 0.5) is 28.0 Å². The number of carbonyl (C=O) groups is 1. The maximum Gasteiger partial charge on any atom is 0.326 e. The summed E-state index contributed by atoms with van der Waals surface area (Å²) in [5.41, 5.74) is -2.78. The summed E-state index contributed by atoms with van der Waals surface area (Å²) in [6.07, 6.45) is 1.10. The summed E-state index contributed by atoms with van der Waals surface area (Å²) in [5.74, 6) is -4.48. The van der Waals surface area contributed by atoms with Crippen molar-refractivity contribution in [2.24, 2.45) is 0 Å². The molecule has 172 valence electrons. The first-order valence-electron chi connectivity index (χ1n) is 9.64. The van der Waals surface area contributed by atoms with Gasteiger partial charge >= 0.3 is 6.03 Å². The first kappa shape index (κ1) is 22.5. The number of nitrogens with one attached hydrogen (secondary N) is 1. The standard InChI is InChI=1S/C22H17F4N3O4/c1-22(32,10-30)20-28-17(19(33-20)13-6-5-12(23)7-16(13)26)11-8-27-21(31)29(9-11)18-14(24)3-2-4-15(18)25/h2-7,9,30,32H,8,10H2,1H3,(H,27,31)/t22-/m1/s1. The normalized spacial score (nSPS) is 15.8. The molecular weight excluding hydrogens is 446 g/mol. The second-order valence-corrected chi connectivity index (χ2v) is 7.51. The molecule has 1 aromatic heterocycles. The van der Waals surface area contributed by atoms with Crippen LogP contribution in [0.25, 0.3) is 16.9 Å². The average molecular weight is 463 g/mol. The molecule has 0 saturated carbocycles. The fraction of sp³-hybridized carbons (Fsp3) is 0.182. The molecule has 3 N–H and O–H groups in total. The third-order valence-electron chi connectivity index (χ3n) is 4.99. The molecule has 1 aliphatic heterocycles. The van der Waals surface area contributed by atoms with Gasteiger partial charge in [0.2, 0.25) is 5.89 Å². The lowest BCUT2D eigenvalue weighted by Gasteiger charge is -2.26. The molecule has 0 bridgehead atoms. The number of carbonyl (C=O) groups excluding carboxylic acids is 1. The summed E-state index contributed by atoms with van der Waals surface area (Å²) in [6, 6.07) is 4.93. The van der Waals surface area contributed by atoms with Crippen LogP contribution < -0.4 is 10.2 Å². The highest BCUT2D eigenvalue weighted by Crippen LogP contribution is 2.36. The van der Waals surface area contributed by atoms with Crippen molar-refractivity contribution in [2.45, 2.75) is 12.5 Å². The Balaban J connectivity index is 1.91. The molecule has 0 unspecified atom stereocenters. The third kappa shape index (κ3) is 4.08. The minimum absolute atomic E-state index is 0.0917. The minimum Gasteiger partial charge on any atom is -0.437 e. The van der Waals surface area contributed by atoms with Gasteiger partial charge in [0.25, 0.3) is 0 Å². The Labute approximate surface area is 184 Å². The van der Waals surface area contributed by atoms with Crippen LogP contribution in [0.3, 0.4) is 0 Å². The van der Waals surface area contributed by atoms with Gasteiger partial charge in [0.05, 0.1) is 12.2 Å². The number of nitrogens with zero attached hydrogens (tertiary/aromatic N) is 2. The second-order valence-electron chi connectivity index (χ2n) is 7.51. The molecule has 2 aromatic carbocycles. The SMILES string of the molecule is C[C@@](O)(CO)c1nc(C2=CN(c3c(F)cccc3F)C(=O)NC2)c(-c2ccc(F)cc2F)o1. The van der Waals surface area contributed by atoms with Gasteiger partial charge in [-0.2, -0.15) is 0 Å². The number of halogens is 4. The van der Waals surface area contributed by atoms with Crippen molar-refractivity contribution in [3.63, 3.8) is 0 Å². The fourth-order valence-electron chi connectivity index (χ4n) is 3.24. The van der Waals surface area contributed by atoms with E-state index in [1.807, 2.05) is 0 Å². The molecule has 0 saturated heterocycles. The van der Waals surface area contributed by atoms with Crippen molar-refractivity contribution < 1.29 is 37.0 Å². The zero-order chi connectivity index (χ0) is 23.9. The van der Waals surface area contributed by atoms with Gasteiger partial charge in [-0.05, 0) is 31.2 Å². The molecule has 2 amide bonds. The number of aromatic nitrogens is 1. The van der Waals surface area contributed by atoms with Gasteiger partial charge in [-0.1, -0.05) is 6.07 Å². The summed E-state index contributed by atoms with van der Waals surface area (Å²) in [4.78, 5) is 17.2. The Morgan fingerprint density at radius 2 is 1.85 bits per heavy atom. The molecule has 0 spiro atoms. The number of para-hydroxylation sites is 1. The van der Waals surface area contributed by atoms with Gasteiger partial charge in [0.15, 0.2) is 11.4 Å². The van der Waals surface area contributed by atoms with E-state index in [2.05, 4.69) is 10.3 Å². The first-order valence-corrected chi connectivity index (χ1v) is 9.64. The number of aliphatic hydroxyl groups excluding tert-OH is 1. The molecule has 0 radical (unpaired) electrons. The highest BCUT2D eigenvalue weighted by Gasteiger charge is 2.34. The van der Waals surface area contributed by atoms with Gasteiger partial charge in [0, 0.05) is 24.4 Å². The van der Waals surface area contributed by atoms with Crippen molar-refractivity contribution in [1.82, 2.24) is 10.3 Å². The third-order valence-corrected chi connectivity index (χ3v) is 4.99. The monoisotopic (exact) mass is 463 g/mol. The molecule has 0 aliphatic carbocycles. The van der Waals surface area contributed by atoms with Crippen molar-refractivity contribution in [1.29, 1.82) is 0 Å². The van der Waals surface area contributed by atoms with Crippen molar-refractivity contribution in [2.75, 3.05) is 18.1 Å². The Morgan fingerprint density at radius 1 is 1.15 bits per heavy atom. The van der Waals surface area contributed by atoms with Crippen LogP contribution in [-0.2, 0) is 5.60 Å². The van der Waals surface area contributed by atoms with E-state index in [1.54, 1.807) is 0 Å². The Kier molecular flexibility index (Phi) is 5.68. The van der Waals surface area contributed by atoms with Gasteiger partial charge in [0.1, 0.15) is 34.7 Å². The number of urea groups is 1. The highest BCUT2D eigenvalue weighted by atomic mass is 19.1. The van der Waals surface area contributed by atoms with Crippen molar-refractivity contribution in [3.05, 3.63) is 77.5 Å². The van der Waals surface area contributed by atoms with E-state index in [0.29, 0.717) is 11.0 Å². The van der Waals surface area contributed by atoms with Crippen LogP contribution in [0.15, 0.2) is 47.0 Å². The van der Waals surface area contributed by atoms with Crippen molar-refractivity contribution in [3.8, 4) is 11.3 Å². The van der Waals surface area contributed by atoms with E-state index in [1.165, 1.54) is 6.92 Å². The maximum atomic E-state index is 14.5. The quantitative estimate of drug-likeness (QED) is 0.502. The van der Waals surface area contributed by atoms with Gasteiger partial charge < -0.3 is 19.9 Å². The van der Waals surface area contributed by atoms with Crippen LogP contribution in [0, 0.1) is 23.3 Å². The Bertz CT molecular complexity index is 1250. The van der Waals surface area contributed by atoms with E-state index < -0.39 is 47.2 Å². The lowest BCUT2D eigenvalue weighted by Crippen LogP contribution is -2.42. The number of amides is 2. The predicted octanol–water partition coefficient (Wildman–Crippen LogP) is 3.67.